The first kappa shape index (κ1) is 11.6. The molecule has 1 atom stereocenters. The summed E-state index contributed by atoms with van der Waals surface area (Å²) < 4.78 is 4.09. The van der Waals surface area contributed by atoms with Crippen molar-refractivity contribution in [2.75, 3.05) is 6.66 Å². The van der Waals surface area contributed by atoms with Crippen LogP contribution in [0.25, 0.3) is 0 Å². The Bertz CT molecular complexity index is 162. The van der Waals surface area contributed by atoms with Gasteiger partial charge in [0.25, 0.3) is 0 Å². The minimum Gasteiger partial charge on any atom is -0.402 e. The Morgan fingerprint density at radius 1 is 1.58 bits per heavy atom. The van der Waals surface area contributed by atoms with Crippen molar-refractivity contribution in [2.45, 2.75) is 26.7 Å². The summed E-state index contributed by atoms with van der Waals surface area (Å²) in [4.78, 5) is 0. The van der Waals surface area contributed by atoms with Gasteiger partial charge in [-0.05, 0) is 40.2 Å². The van der Waals surface area contributed by atoms with Crippen LogP contribution in [-0.2, 0) is 0 Å². The van der Waals surface area contributed by atoms with Gasteiger partial charge in [-0.3, -0.25) is 4.76 Å². The molecule has 0 aromatic heterocycles. The lowest BCUT2D eigenvalue weighted by atomic mass is 10.1. The number of nitrogens with two attached hydrogens (primary N) is 1. The van der Waals surface area contributed by atoms with E-state index in [9.17, 15) is 0 Å². The number of nitrogens with zero attached hydrogens (tertiary/aromatic N) is 1. The Morgan fingerprint density at radius 2 is 2.25 bits per heavy atom. The zero-order valence-electron chi connectivity index (χ0n) is 8.17. The monoisotopic (exact) mass is 186 g/mol. The maximum Gasteiger partial charge on any atom is 0.0270 e. The van der Waals surface area contributed by atoms with Gasteiger partial charge in [-0.25, -0.2) is 0 Å². The van der Waals surface area contributed by atoms with E-state index >= 15 is 0 Å². The maximum atomic E-state index is 5.74. The van der Waals surface area contributed by atoms with Gasteiger partial charge in [-0.2, -0.15) is 0 Å². The SMILES string of the molecule is CPN=CC=C(N)CCC(C)C. The lowest BCUT2D eigenvalue weighted by Gasteiger charge is -2.02. The van der Waals surface area contributed by atoms with E-state index in [1.54, 1.807) is 6.21 Å². The van der Waals surface area contributed by atoms with Crippen LogP contribution < -0.4 is 5.73 Å². The first-order valence-electron chi connectivity index (χ1n) is 4.31. The molecular formula is C9H19N2P. The summed E-state index contributed by atoms with van der Waals surface area (Å²) in [5.74, 6) is 0.724. The molecule has 12 heavy (non-hydrogen) atoms. The van der Waals surface area contributed by atoms with Crippen LogP contribution in [0.2, 0.25) is 0 Å². The molecule has 2 nitrogen and oxygen atoms in total. The quantitative estimate of drug-likeness (QED) is 0.520. The van der Waals surface area contributed by atoms with Gasteiger partial charge in [0.2, 0.25) is 0 Å². The van der Waals surface area contributed by atoms with Crippen molar-refractivity contribution in [1.82, 2.24) is 0 Å². The largest absolute Gasteiger partial charge is 0.402 e. The summed E-state index contributed by atoms with van der Waals surface area (Å²) >= 11 is 0. The molecule has 0 saturated carbocycles. The van der Waals surface area contributed by atoms with Gasteiger partial charge in [0, 0.05) is 11.9 Å². The van der Waals surface area contributed by atoms with Crippen LogP contribution in [0, 0.1) is 5.92 Å². The molecule has 0 bridgehead atoms. The van der Waals surface area contributed by atoms with Crippen LogP contribution in [0.4, 0.5) is 0 Å². The van der Waals surface area contributed by atoms with Gasteiger partial charge in [0.15, 0.2) is 0 Å². The molecule has 2 N–H and O–H groups in total. The average molecular weight is 186 g/mol. The molecule has 0 rings (SSSR count). The van der Waals surface area contributed by atoms with E-state index in [0.717, 1.165) is 24.5 Å². The number of rotatable bonds is 5. The zero-order chi connectivity index (χ0) is 9.40. The van der Waals surface area contributed by atoms with Crippen LogP contribution in [0.1, 0.15) is 26.7 Å². The predicted molar refractivity (Wildman–Crippen MR) is 59.1 cm³/mol. The Hall–Kier alpha value is -0.360. The highest BCUT2D eigenvalue weighted by atomic mass is 31.1. The van der Waals surface area contributed by atoms with E-state index in [1.165, 1.54) is 0 Å². The molecule has 0 aromatic rings. The molecular weight excluding hydrogens is 167 g/mol. The Balaban J connectivity index is 3.63. The summed E-state index contributed by atoms with van der Waals surface area (Å²) in [5.41, 5.74) is 6.67. The summed E-state index contributed by atoms with van der Waals surface area (Å²) in [6, 6.07) is 0. The van der Waals surface area contributed by atoms with E-state index < -0.39 is 0 Å². The Labute approximate surface area is 77.2 Å². The zero-order valence-corrected chi connectivity index (χ0v) is 9.17. The first-order chi connectivity index (χ1) is 5.66. The molecule has 1 unspecified atom stereocenters. The molecule has 0 aliphatic rings. The number of hydrogen-bond donors (Lipinski definition) is 1. The summed E-state index contributed by atoms with van der Waals surface area (Å²) in [6.45, 7) is 6.44. The van der Waals surface area contributed by atoms with Crippen molar-refractivity contribution in [3.63, 3.8) is 0 Å². The van der Waals surface area contributed by atoms with E-state index in [-0.39, 0.29) is 0 Å². The Kier molecular flexibility index (Phi) is 7.08. The van der Waals surface area contributed by atoms with Gasteiger partial charge in [0.05, 0.1) is 0 Å². The summed E-state index contributed by atoms with van der Waals surface area (Å²) in [7, 11) is 0.624. The fourth-order valence-electron chi connectivity index (χ4n) is 0.746. The van der Waals surface area contributed by atoms with Crippen molar-refractivity contribution < 1.29 is 0 Å². The van der Waals surface area contributed by atoms with E-state index in [0.29, 0.717) is 8.73 Å². The second-order valence-electron chi connectivity index (χ2n) is 3.18. The molecule has 0 aromatic carbocycles. The number of hydrogen-bond acceptors (Lipinski definition) is 2. The molecule has 3 heteroatoms. The molecule has 0 fully saturated rings. The molecule has 0 spiro atoms. The fraction of sp³-hybridized carbons (Fsp3) is 0.667. The summed E-state index contributed by atoms with van der Waals surface area (Å²) in [6.07, 6.45) is 5.84. The number of allylic oxidation sites excluding steroid dienone is 2. The predicted octanol–water partition coefficient (Wildman–Crippen LogP) is 2.56. The minimum atomic E-state index is 0.624. The fourth-order valence-corrected chi connectivity index (χ4v) is 0.970. The van der Waals surface area contributed by atoms with Crippen molar-refractivity contribution in [3.05, 3.63) is 11.8 Å². The van der Waals surface area contributed by atoms with Crippen molar-refractivity contribution in [2.24, 2.45) is 16.4 Å². The van der Waals surface area contributed by atoms with Crippen LogP contribution >= 0.6 is 8.73 Å². The van der Waals surface area contributed by atoms with E-state index in [1.807, 2.05) is 12.7 Å². The van der Waals surface area contributed by atoms with Gasteiger partial charge < -0.3 is 5.73 Å². The summed E-state index contributed by atoms with van der Waals surface area (Å²) in [5, 5.41) is 0. The minimum absolute atomic E-state index is 0.624. The van der Waals surface area contributed by atoms with E-state index in [4.69, 9.17) is 5.73 Å². The lowest BCUT2D eigenvalue weighted by molar-refractivity contribution is 0.583. The normalized spacial score (nSPS) is 14.2. The second-order valence-corrected chi connectivity index (χ2v) is 3.88. The van der Waals surface area contributed by atoms with Crippen molar-refractivity contribution in [1.29, 1.82) is 0 Å². The average Bonchev–Trinajstić information content (AvgIpc) is 2.01. The van der Waals surface area contributed by atoms with Crippen LogP contribution in [0.5, 0.6) is 0 Å². The first-order valence-corrected chi connectivity index (χ1v) is 5.76. The van der Waals surface area contributed by atoms with Crippen LogP contribution in [0.3, 0.4) is 0 Å². The van der Waals surface area contributed by atoms with Crippen molar-refractivity contribution in [3.8, 4) is 0 Å². The molecule has 0 aliphatic carbocycles. The smallest absolute Gasteiger partial charge is 0.0270 e. The molecule has 0 amide bonds. The second kappa shape index (κ2) is 7.30. The standard InChI is InChI=1S/C9H19N2P/c1-8(2)4-5-9(10)6-7-11-12-3/h6-8,12H,4-5,10H2,1-3H3. The molecule has 70 valence electrons. The third kappa shape index (κ3) is 7.74. The highest BCUT2D eigenvalue weighted by Gasteiger charge is 1.94. The van der Waals surface area contributed by atoms with Gasteiger partial charge in [-0.1, -0.05) is 13.8 Å². The van der Waals surface area contributed by atoms with Crippen LogP contribution in [-0.4, -0.2) is 12.9 Å². The van der Waals surface area contributed by atoms with E-state index in [2.05, 4.69) is 18.6 Å². The molecule has 0 saturated heterocycles. The lowest BCUT2D eigenvalue weighted by Crippen LogP contribution is -1.99. The maximum absolute atomic E-state index is 5.74. The van der Waals surface area contributed by atoms with Crippen LogP contribution in [0.15, 0.2) is 16.5 Å². The highest BCUT2D eigenvalue weighted by Crippen LogP contribution is 2.07. The topological polar surface area (TPSA) is 38.4 Å². The highest BCUT2D eigenvalue weighted by molar-refractivity contribution is 7.35. The third-order valence-corrected chi connectivity index (χ3v) is 1.91. The van der Waals surface area contributed by atoms with Gasteiger partial charge in [0.1, 0.15) is 0 Å². The van der Waals surface area contributed by atoms with Gasteiger partial charge >= 0.3 is 0 Å². The Morgan fingerprint density at radius 3 is 2.75 bits per heavy atom. The molecule has 0 aliphatic heterocycles. The third-order valence-electron chi connectivity index (χ3n) is 1.50. The van der Waals surface area contributed by atoms with Crippen molar-refractivity contribution >= 4 is 14.9 Å². The molecule has 0 radical (unpaired) electrons. The van der Waals surface area contributed by atoms with Gasteiger partial charge in [-0.15, -0.1) is 0 Å². The molecule has 0 heterocycles.